The lowest BCUT2D eigenvalue weighted by Gasteiger charge is -2.22. The molecule has 1 atom stereocenters. The number of hydrogen-bond donors (Lipinski definition) is 1. The number of hydrogen-bond acceptors (Lipinski definition) is 3. The van der Waals surface area contributed by atoms with Crippen LogP contribution in [-0.4, -0.2) is 15.5 Å². The molecule has 0 spiro atoms. The van der Waals surface area contributed by atoms with Gasteiger partial charge in [0.2, 0.25) is 10.0 Å². The average Bonchev–Trinajstić information content (AvgIpc) is 2.65. The summed E-state index contributed by atoms with van der Waals surface area (Å²) < 4.78 is 34.8. The van der Waals surface area contributed by atoms with Crippen molar-refractivity contribution in [3.63, 3.8) is 0 Å². The molecule has 140 valence electrons. The van der Waals surface area contributed by atoms with Crippen molar-refractivity contribution in [2.24, 2.45) is 0 Å². The highest BCUT2D eigenvalue weighted by molar-refractivity contribution is 9.10. The summed E-state index contributed by atoms with van der Waals surface area (Å²) in [6.45, 7) is 1.99. The molecule has 0 fully saturated rings. The van der Waals surface area contributed by atoms with Gasteiger partial charge < -0.3 is 4.74 Å². The van der Waals surface area contributed by atoms with Crippen molar-refractivity contribution in [3.8, 4) is 5.75 Å². The summed E-state index contributed by atoms with van der Waals surface area (Å²) in [6.07, 6.45) is 5.31. The summed E-state index contributed by atoms with van der Waals surface area (Å²) in [4.78, 5) is 0.144. The van der Waals surface area contributed by atoms with E-state index < -0.39 is 10.0 Å². The summed E-state index contributed by atoms with van der Waals surface area (Å²) in [5, 5.41) is 0. The van der Waals surface area contributed by atoms with E-state index in [0.717, 1.165) is 18.4 Å². The topological polar surface area (TPSA) is 55.4 Å². The summed E-state index contributed by atoms with van der Waals surface area (Å²) in [5.41, 5.74) is 3.77. The van der Waals surface area contributed by atoms with E-state index in [2.05, 4.69) is 38.9 Å². The van der Waals surface area contributed by atoms with Crippen LogP contribution in [0.25, 0.3) is 0 Å². The van der Waals surface area contributed by atoms with E-state index in [0.29, 0.717) is 16.6 Å². The lowest BCUT2D eigenvalue weighted by molar-refractivity contribution is 0.401. The van der Waals surface area contributed by atoms with Gasteiger partial charge in [-0.3, -0.25) is 0 Å². The first-order valence-electron chi connectivity index (χ1n) is 8.92. The van der Waals surface area contributed by atoms with Gasteiger partial charge in [-0.2, -0.15) is 0 Å². The van der Waals surface area contributed by atoms with Gasteiger partial charge in [0, 0.05) is 10.5 Å². The van der Waals surface area contributed by atoms with E-state index >= 15 is 0 Å². The molecule has 0 heterocycles. The maximum absolute atomic E-state index is 13.0. The van der Waals surface area contributed by atoms with Crippen LogP contribution >= 0.6 is 15.9 Å². The van der Waals surface area contributed by atoms with Crippen LogP contribution in [0.5, 0.6) is 5.75 Å². The van der Waals surface area contributed by atoms with E-state index in [1.54, 1.807) is 18.2 Å². The second-order valence-electron chi connectivity index (χ2n) is 6.61. The molecule has 2 aromatic rings. The Bertz CT molecular complexity index is 896. The standard InChI is InChI=1S/C20H24BrNO3S/c1-3-18(16-9-8-14-6-4-5-7-15(14)12-16)22-26(23,24)20-13-17(21)10-11-19(20)25-2/h8-13,18,22H,3-7H2,1-2H3/t18-/m0/s1. The lowest BCUT2D eigenvalue weighted by atomic mass is 9.89. The summed E-state index contributed by atoms with van der Waals surface area (Å²) >= 11 is 3.34. The second kappa shape index (κ2) is 8.11. The minimum Gasteiger partial charge on any atom is -0.495 e. The average molecular weight is 438 g/mol. The van der Waals surface area contributed by atoms with E-state index in [1.165, 1.54) is 31.1 Å². The minimum atomic E-state index is -3.71. The fraction of sp³-hybridized carbons (Fsp3) is 0.400. The molecule has 3 rings (SSSR count). The fourth-order valence-corrected chi connectivity index (χ4v) is 5.48. The zero-order valence-corrected chi connectivity index (χ0v) is 17.5. The molecule has 26 heavy (non-hydrogen) atoms. The summed E-state index contributed by atoms with van der Waals surface area (Å²) in [6, 6.07) is 11.1. The largest absolute Gasteiger partial charge is 0.495 e. The number of methoxy groups -OCH3 is 1. The number of rotatable bonds is 6. The van der Waals surface area contributed by atoms with Gasteiger partial charge in [-0.05, 0) is 67.0 Å². The molecule has 0 amide bonds. The molecule has 1 aliphatic rings. The first kappa shape index (κ1) is 19.4. The molecule has 0 saturated carbocycles. The third-order valence-corrected chi connectivity index (χ3v) is 6.88. The molecule has 0 unspecified atom stereocenters. The molecule has 6 heteroatoms. The molecule has 1 aliphatic carbocycles. The molecular weight excluding hydrogens is 414 g/mol. The van der Waals surface area contributed by atoms with Crippen molar-refractivity contribution in [3.05, 3.63) is 57.6 Å². The number of aryl methyl sites for hydroxylation is 2. The highest BCUT2D eigenvalue weighted by Gasteiger charge is 2.24. The molecular formula is C20H24BrNO3S. The summed E-state index contributed by atoms with van der Waals surface area (Å²) in [7, 11) is -2.24. The van der Waals surface area contributed by atoms with Gasteiger partial charge in [0.1, 0.15) is 10.6 Å². The van der Waals surface area contributed by atoms with E-state index in [-0.39, 0.29) is 10.9 Å². The molecule has 0 aliphatic heterocycles. The van der Waals surface area contributed by atoms with Crippen LogP contribution in [0.1, 0.15) is 48.9 Å². The second-order valence-corrected chi connectivity index (χ2v) is 9.21. The third-order valence-electron chi connectivity index (χ3n) is 4.90. The number of nitrogens with one attached hydrogen (secondary N) is 1. The predicted molar refractivity (Wildman–Crippen MR) is 107 cm³/mol. The third kappa shape index (κ3) is 4.13. The Morgan fingerprint density at radius 1 is 1.12 bits per heavy atom. The number of benzene rings is 2. The zero-order valence-electron chi connectivity index (χ0n) is 15.1. The number of sulfonamides is 1. The Hall–Kier alpha value is -1.37. The van der Waals surface area contributed by atoms with Gasteiger partial charge in [-0.15, -0.1) is 0 Å². The molecule has 4 nitrogen and oxygen atoms in total. The Kier molecular flexibility index (Phi) is 6.05. The van der Waals surface area contributed by atoms with E-state index in [4.69, 9.17) is 4.74 Å². The van der Waals surface area contributed by atoms with Crippen LogP contribution in [0.3, 0.4) is 0 Å². The molecule has 1 N–H and O–H groups in total. The van der Waals surface area contributed by atoms with Crippen LogP contribution in [0.4, 0.5) is 0 Å². The molecule has 0 aromatic heterocycles. The SMILES string of the molecule is CC[C@H](NS(=O)(=O)c1cc(Br)ccc1OC)c1ccc2c(c1)CCCC2. The van der Waals surface area contributed by atoms with E-state index in [9.17, 15) is 8.42 Å². The predicted octanol–water partition coefficient (Wildman–Crippen LogP) is 4.77. The lowest BCUT2D eigenvalue weighted by Crippen LogP contribution is -2.29. The van der Waals surface area contributed by atoms with Gasteiger partial charge in [0.15, 0.2) is 0 Å². The van der Waals surface area contributed by atoms with Crippen LogP contribution < -0.4 is 9.46 Å². The van der Waals surface area contributed by atoms with Gasteiger partial charge in [0.05, 0.1) is 7.11 Å². The van der Waals surface area contributed by atoms with Crippen LogP contribution in [0.2, 0.25) is 0 Å². The molecule has 0 bridgehead atoms. The smallest absolute Gasteiger partial charge is 0.244 e. The van der Waals surface area contributed by atoms with Crippen molar-refractivity contribution in [1.82, 2.24) is 4.72 Å². The van der Waals surface area contributed by atoms with Gasteiger partial charge in [-0.25, -0.2) is 13.1 Å². The van der Waals surface area contributed by atoms with Crippen LogP contribution in [0.15, 0.2) is 45.8 Å². The maximum atomic E-state index is 13.0. The number of fused-ring (bicyclic) bond motifs is 1. The highest BCUT2D eigenvalue weighted by atomic mass is 79.9. The van der Waals surface area contributed by atoms with Crippen LogP contribution in [-0.2, 0) is 22.9 Å². The maximum Gasteiger partial charge on any atom is 0.244 e. The highest BCUT2D eigenvalue weighted by Crippen LogP contribution is 2.30. The fourth-order valence-electron chi connectivity index (χ4n) is 3.47. The van der Waals surface area contributed by atoms with Crippen molar-refractivity contribution < 1.29 is 13.2 Å². The normalized spacial score (nSPS) is 15.3. The first-order valence-corrected chi connectivity index (χ1v) is 11.2. The van der Waals surface area contributed by atoms with Crippen LogP contribution in [0, 0.1) is 0 Å². The van der Waals surface area contributed by atoms with Crippen molar-refractivity contribution in [2.45, 2.75) is 50.0 Å². The minimum absolute atomic E-state index is 0.144. The Balaban J connectivity index is 1.91. The molecule has 0 radical (unpaired) electrons. The first-order chi connectivity index (χ1) is 12.4. The zero-order chi connectivity index (χ0) is 18.7. The van der Waals surface area contributed by atoms with Crippen molar-refractivity contribution in [1.29, 1.82) is 0 Å². The van der Waals surface area contributed by atoms with Crippen molar-refractivity contribution in [2.75, 3.05) is 7.11 Å². The Morgan fingerprint density at radius 2 is 1.85 bits per heavy atom. The monoisotopic (exact) mass is 437 g/mol. The molecule has 0 saturated heterocycles. The van der Waals surface area contributed by atoms with E-state index in [1.807, 2.05) is 6.92 Å². The number of halogens is 1. The Labute approximate surface area is 164 Å². The quantitative estimate of drug-likeness (QED) is 0.707. The number of ether oxygens (including phenoxy) is 1. The van der Waals surface area contributed by atoms with Crippen molar-refractivity contribution >= 4 is 26.0 Å². The summed E-state index contributed by atoms with van der Waals surface area (Å²) in [5.74, 6) is 0.334. The van der Waals surface area contributed by atoms with Gasteiger partial charge in [0.25, 0.3) is 0 Å². The molecule has 2 aromatic carbocycles. The van der Waals surface area contributed by atoms with Gasteiger partial charge >= 0.3 is 0 Å². The Morgan fingerprint density at radius 3 is 2.54 bits per heavy atom. The van der Waals surface area contributed by atoms with Gasteiger partial charge in [-0.1, -0.05) is 41.1 Å².